The summed E-state index contributed by atoms with van der Waals surface area (Å²) < 4.78 is 6.97. The fourth-order valence-corrected chi connectivity index (χ4v) is 3.39. The van der Waals surface area contributed by atoms with Crippen molar-refractivity contribution in [2.75, 3.05) is 5.32 Å². The Labute approximate surface area is 170 Å². The van der Waals surface area contributed by atoms with E-state index in [0.29, 0.717) is 28.2 Å². The lowest BCUT2D eigenvalue weighted by molar-refractivity contribution is 0.102. The molecule has 0 radical (unpaired) electrons. The number of fused-ring (bicyclic) bond motifs is 1. The number of hydrogen-bond acceptors (Lipinski definition) is 3. The molecule has 4 nitrogen and oxygen atoms in total. The minimum Gasteiger partial charge on any atom is -0.436 e. The van der Waals surface area contributed by atoms with Crippen LogP contribution in [0.1, 0.15) is 22.8 Å². The van der Waals surface area contributed by atoms with E-state index in [0.717, 1.165) is 15.6 Å². The largest absolute Gasteiger partial charge is 0.436 e. The topological polar surface area (TPSA) is 55.1 Å². The number of nitrogens with zero attached hydrogens (tertiary/aromatic N) is 1. The molecule has 5 heteroatoms. The molecule has 0 atom stereocenters. The summed E-state index contributed by atoms with van der Waals surface area (Å²) in [6, 6.07) is 21.1. The molecule has 0 fully saturated rings. The molecule has 0 aliphatic carbocycles. The van der Waals surface area contributed by atoms with Crippen LogP contribution in [-0.2, 0) is 6.42 Å². The van der Waals surface area contributed by atoms with Gasteiger partial charge in [0.05, 0.1) is 0 Å². The Morgan fingerprint density at radius 2 is 1.89 bits per heavy atom. The van der Waals surface area contributed by atoms with Crippen LogP contribution in [0.3, 0.4) is 0 Å². The standard InChI is InChI=1S/C22H17IN2O2/c1-2-14-6-8-15(9-7-14)21(26)24-18-10-11-20-19(13-18)25-22(27-20)16-4-3-5-17(23)12-16/h3-13H,2H2,1H3,(H,24,26). The minimum atomic E-state index is -0.140. The Balaban J connectivity index is 1.58. The number of carbonyl (C=O) groups is 1. The first-order valence-corrected chi connectivity index (χ1v) is 9.77. The van der Waals surface area contributed by atoms with Crippen molar-refractivity contribution in [3.05, 3.63) is 81.4 Å². The van der Waals surface area contributed by atoms with Gasteiger partial charge >= 0.3 is 0 Å². The van der Waals surface area contributed by atoms with Gasteiger partial charge in [0.1, 0.15) is 5.52 Å². The number of hydrogen-bond donors (Lipinski definition) is 1. The Morgan fingerprint density at radius 1 is 1.07 bits per heavy atom. The second-order valence-electron chi connectivity index (χ2n) is 6.22. The number of oxazole rings is 1. The minimum absolute atomic E-state index is 0.140. The maximum Gasteiger partial charge on any atom is 0.255 e. The molecule has 4 rings (SSSR count). The summed E-state index contributed by atoms with van der Waals surface area (Å²) in [6.45, 7) is 2.09. The van der Waals surface area contributed by atoms with Gasteiger partial charge in [-0.25, -0.2) is 4.98 Å². The first-order chi connectivity index (χ1) is 13.1. The van der Waals surface area contributed by atoms with Crippen LogP contribution in [-0.4, -0.2) is 10.9 Å². The Hall–Kier alpha value is -2.67. The maximum absolute atomic E-state index is 12.5. The number of nitrogens with one attached hydrogen (secondary N) is 1. The molecule has 0 aliphatic heterocycles. The van der Waals surface area contributed by atoms with Crippen LogP contribution in [0.2, 0.25) is 0 Å². The third-order valence-electron chi connectivity index (χ3n) is 4.34. The fraction of sp³-hybridized carbons (Fsp3) is 0.0909. The molecule has 0 unspecified atom stereocenters. The van der Waals surface area contributed by atoms with Gasteiger partial charge in [-0.2, -0.15) is 0 Å². The van der Waals surface area contributed by atoms with Crippen LogP contribution in [0.4, 0.5) is 5.69 Å². The van der Waals surface area contributed by atoms with Crippen molar-refractivity contribution >= 4 is 45.3 Å². The molecular weight excluding hydrogens is 451 g/mol. The van der Waals surface area contributed by atoms with Crippen LogP contribution >= 0.6 is 22.6 Å². The lowest BCUT2D eigenvalue weighted by Crippen LogP contribution is -2.11. The number of aryl methyl sites for hydroxylation is 1. The Morgan fingerprint density at radius 3 is 2.63 bits per heavy atom. The van der Waals surface area contributed by atoms with E-state index in [1.54, 1.807) is 0 Å². The summed E-state index contributed by atoms with van der Waals surface area (Å²) in [7, 11) is 0. The molecule has 1 N–H and O–H groups in total. The molecule has 0 spiro atoms. The molecule has 27 heavy (non-hydrogen) atoms. The normalized spacial score (nSPS) is 10.9. The first kappa shape index (κ1) is 17.7. The zero-order chi connectivity index (χ0) is 18.8. The lowest BCUT2D eigenvalue weighted by atomic mass is 10.1. The van der Waals surface area contributed by atoms with Crippen LogP contribution in [0, 0.1) is 3.57 Å². The third kappa shape index (κ3) is 3.88. The van der Waals surface area contributed by atoms with E-state index in [4.69, 9.17) is 4.42 Å². The van der Waals surface area contributed by atoms with Crippen LogP contribution in [0.15, 0.2) is 71.1 Å². The van der Waals surface area contributed by atoms with E-state index in [9.17, 15) is 4.79 Å². The van der Waals surface area contributed by atoms with Crippen LogP contribution < -0.4 is 5.32 Å². The van der Waals surface area contributed by atoms with E-state index in [2.05, 4.69) is 39.8 Å². The monoisotopic (exact) mass is 468 g/mol. The summed E-state index contributed by atoms with van der Waals surface area (Å²) in [5.41, 5.74) is 4.86. The second-order valence-corrected chi connectivity index (χ2v) is 7.46. The van der Waals surface area contributed by atoms with Crippen molar-refractivity contribution < 1.29 is 9.21 Å². The number of anilines is 1. The molecule has 1 aromatic heterocycles. The zero-order valence-corrected chi connectivity index (χ0v) is 16.9. The summed E-state index contributed by atoms with van der Waals surface area (Å²) in [6.07, 6.45) is 0.952. The molecular formula is C22H17IN2O2. The van der Waals surface area contributed by atoms with Gasteiger partial charge in [0.2, 0.25) is 5.89 Å². The summed E-state index contributed by atoms with van der Waals surface area (Å²) in [4.78, 5) is 17.0. The van der Waals surface area contributed by atoms with Gasteiger partial charge in [0.15, 0.2) is 5.58 Å². The number of aromatic nitrogens is 1. The van der Waals surface area contributed by atoms with E-state index in [-0.39, 0.29) is 5.91 Å². The van der Waals surface area contributed by atoms with Gasteiger partial charge in [-0.1, -0.05) is 25.1 Å². The zero-order valence-electron chi connectivity index (χ0n) is 14.7. The highest BCUT2D eigenvalue weighted by Crippen LogP contribution is 2.27. The molecule has 134 valence electrons. The molecule has 4 aromatic rings. The molecule has 0 saturated carbocycles. The van der Waals surface area contributed by atoms with Gasteiger partial charge in [-0.05, 0) is 83.1 Å². The average Bonchev–Trinajstić information content (AvgIpc) is 3.11. The highest BCUT2D eigenvalue weighted by Gasteiger charge is 2.11. The molecule has 1 heterocycles. The molecule has 0 aliphatic rings. The number of carbonyl (C=O) groups excluding carboxylic acids is 1. The maximum atomic E-state index is 12.5. The summed E-state index contributed by atoms with van der Waals surface area (Å²) in [5.74, 6) is 0.431. The molecule has 0 saturated heterocycles. The molecule has 0 bridgehead atoms. The van der Waals surface area contributed by atoms with Crippen molar-refractivity contribution in [3.63, 3.8) is 0 Å². The number of rotatable bonds is 4. The van der Waals surface area contributed by atoms with Gasteiger partial charge in [-0.15, -0.1) is 0 Å². The quantitative estimate of drug-likeness (QED) is 0.379. The third-order valence-corrected chi connectivity index (χ3v) is 5.01. The van der Waals surface area contributed by atoms with Gasteiger partial charge in [0.25, 0.3) is 5.91 Å². The summed E-state index contributed by atoms with van der Waals surface area (Å²) >= 11 is 2.26. The highest BCUT2D eigenvalue weighted by molar-refractivity contribution is 14.1. The van der Waals surface area contributed by atoms with Crippen molar-refractivity contribution in [1.29, 1.82) is 0 Å². The van der Waals surface area contributed by atoms with E-state index >= 15 is 0 Å². The fourth-order valence-electron chi connectivity index (χ4n) is 2.85. The van der Waals surface area contributed by atoms with E-state index in [1.807, 2.05) is 66.7 Å². The van der Waals surface area contributed by atoms with Crippen molar-refractivity contribution in [2.45, 2.75) is 13.3 Å². The second kappa shape index (κ2) is 7.52. The highest BCUT2D eigenvalue weighted by atomic mass is 127. The molecule has 3 aromatic carbocycles. The van der Waals surface area contributed by atoms with Gasteiger partial charge in [0, 0.05) is 20.4 Å². The van der Waals surface area contributed by atoms with Crippen molar-refractivity contribution in [3.8, 4) is 11.5 Å². The van der Waals surface area contributed by atoms with Crippen LogP contribution in [0.5, 0.6) is 0 Å². The van der Waals surface area contributed by atoms with Crippen LogP contribution in [0.25, 0.3) is 22.6 Å². The smallest absolute Gasteiger partial charge is 0.255 e. The van der Waals surface area contributed by atoms with Crippen molar-refractivity contribution in [2.24, 2.45) is 0 Å². The predicted molar refractivity (Wildman–Crippen MR) is 116 cm³/mol. The Bertz CT molecular complexity index is 1120. The molecule has 1 amide bonds. The SMILES string of the molecule is CCc1ccc(C(=O)Nc2ccc3oc(-c4cccc(I)c4)nc3c2)cc1. The lowest BCUT2D eigenvalue weighted by Gasteiger charge is -2.05. The van der Waals surface area contributed by atoms with Gasteiger partial charge in [-0.3, -0.25) is 4.79 Å². The van der Waals surface area contributed by atoms with Crippen molar-refractivity contribution in [1.82, 2.24) is 4.98 Å². The van der Waals surface area contributed by atoms with Gasteiger partial charge < -0.3 is 9.73 Å². The number of benzene rings is 3. The number of amides is 1. The number of halogens is 1. The summed E-state index contributed by atoms with van der Waals surface area (Å²) in [5, 5.41) is 2.92. The van der Waals surface area contributed by atoms with E-state index < -0.39 is 0 Å². The average molecular weight is 468 g/mol. The predicted octanol–water partition coefficient (Wildman–Crippen LogP) is 5.91. The first-order valence-electron chi connectivity index (χ1n) is 8.69. The Kier molecular flexibility index (Phi) is 4.94. The van der Waals surface area contributed by atoms with E-state index in [1.165, 1.54) is 5.56 Å².